The molecule has 8 heteroatoms. The van der Waals surface area contributed by atoms with E-state index in [1.54, 1.807) is 6.20 Å². The van der Waals surface area contributed by atoms with Gasteiger partial charge in [0, 0.05) is 43.6 Å². The summed E-state index contributed by atoms with van der Waals surface area (Å²) < 4.78 is 2.03. The number of H-pyrrole nitrogens is 1. The van der Waals surface area contributed by atoms with E-state index in [0.29, 0.717) is 24.0 Å². The zero-order valence-electron chi connectivity index (χ0n) is 15.5. The van der Waals surface area contributed by atoms with Crippen LogP contribution in [-0.4, -0.2) is 44.4 Å². The quantitative estimate of drug-likeness (QED) is 0.720. The Hall–Kier alpha value is -3.16. The van der Waals surface area contributed by atoms with E-state index in [2.05, 4.69) is 20.3 Å². The van der Waals surface area contributed by atoms with Crippen LogP contribution >= 0.6 is 0 Å². The van der Waals surface area contributed by atoms with Gasteiger partial charge in [-0.05, 0) is 37.8 Å². The fourth-order valence-electron chi connectivity index (χ4n) is 3.97. The van der Waals surface area contributed by atoms with E-state index < -0.39 is 0 Å². The van der Waals surface area contributed by atoms with Gasteiger partial charge in [-0.25, -0.2) is 9.97 Å². The van der Waals surface area contributed by atoms with E-state index in [-0.39, 0.29) is 17.5 Å². The lowest BCUT2D eigenvalue weighted by Gasteiger charge is -2.33. The van der Waals surface area contributed by atoms with Crippen molar-refractivity contribution in [3.63, 3.8) is 0 Å². The molecular formula is C20H22N6O2. The number of aromatic amines is 1. The normalized spacial score (nSPS) is 19.7. The third kappa shape index (κ3) is 3.04. The number of nitrogens with zero attached hydrogens (tertiary/aromatic N) is 4. The Morgan fingerprint density at radius 1 is 1.25 bits per heavy atom. The highest BCUT2D eigenvalue weighted by Crippen LogP contribution is 2.40. The van der Waals surface area contributed by atoms with E-state index in [4.69, 9.17) is 0 Å². The maximum atomic E-state index is 13.0. The Balaban J connectivity index is 1.36. The molecule has 0 radical (unpaired) electrons. The summed E-state index contributed by atoms with van der Waals surface area (Å²) in [6.45, 7) is 1.32. The minimum Gasteiger partial charge on any atom is -0.350 e. The summed E-state index contributed by atoms with van der Waals surface area (Å²) in [5.74, 6) is 1.69. The number of anilines is 1. The molecule has 144 valence electrons. The highest BCUT2D eigenvalue weighted by Gasteiger charge is 2.31. The van der Waals surface area contributed by atoms with Gasteiger partial charge in [0.1, 0.15) is 5.82 Å². The third-order valence-corrected chi connectivity index (χ3v) is 5.48. The number of piperidine rings is 1. The first-order valence-corrected chi connectivity index (χ1v) is 9.77. The maximum absolute atomic E-state index is 13.0. The highest BCUT2D eigenvalue weighted by atomic mass is 16.2. The van der Waals surface area contributed by atoms with Gasteiger partial charge < -0.3 is 19.6 Å². The van der Waals surface area contributed by atoms with E-state index in [1.165, 1.54) is 6.20 Å². The van der Waals surface area contributed by atoms with Crippen molar-refractivity contribution in [2.24, 2.45) is 0 Å². The summed E-state index contributed by atoms with van der Waals surface area (Å²) in [6.07, 6.45) is 9.09. The molecule has 1 unspecified atom stereocenters. The largest absolute Gasteiger partial charge is 0.350 e. The second-order valence-corrected chi connectivity index (χ2v) is 7.55. The topological polar surface area (TPSA) is 95.4 Å². The van der Waals surface area contributed by atoms with Crippen LogP contribution in [0.3, 0.4) is 0 Å². The van der Waals surface area contributed by atoms with Crippen LogP contribution in [0.5, 0.6) is 0 Å². The van der Waals surface area contributed by atoms with Crippen LogP contribution < -0.4 is 15.8 Å². The molecular weight excluding hydrogens is 356 g/mol. The molecule has 1 amide bonds. The van der Waals surface area contributed by atoms with Crippen molar-refractivity contribution in [2.75, 3.05) is 18.0 Å². The average Bonchev–Trinajstić information content (AvgIpc) is 3.48. The van der Waals surface area contributed by atoms with Crippen LogP contribution in [0.1, 0.15) is 47.9 Å². The van der Waals surface area contributed by atoms with Crippen LogP contribution in [0.25, 0.3) is 5.52 Å². The average molecular weight is 378 g/mol. The molecule has 1 saturated carbocycles. The molecule has 4 heterocycles. The smallest absolute Gasteiger partial charge is 0.290 e. The van der Waals surface area contributed by atoms with Crippen LogP contribution in [0, 0.1) is 0 Å². The SMILES string of the molecule is O=C(NC1CCCN(c2ncc[nH]c2=O)C1)c1nc(C2CC2)n2ccccc12. The fourth-order valence-corrected chi connectivity index (χ4v) is 3.97. The predicted molar refractivity (Wildman–Crippen MR) is 105 cm³/mol. The van der Waals surface area contributed by atoms with E-state index in [0.717, 1.165) is 43.6 Å². The zero-order valence-corrected chi connectivity index (χ0v) is 15.5. The number of carbonyl (C=O) groups excluding carboxylic acids is 1. The first kappa shape index (κ1) is 17.0. The summed E-state index contributed by atoms with van der Waals surface area (Å²) in [5.41, 5.74) is 1.12. The van der Waals surface area contributed by atoms with Gasteiger partial charge in [-0.1, -0.05) is 6.07 Å². The molecule has 1 aliphatic heterocycles. The van der Waals surface area contributed by atoms with Gasteiger partial charge in [-0.15, -0.1) is 0 Å². The van der Waals surface area contributed by atoms with Crippen LogP contribution in [-0.2, 0) is 0 Å². The third-order valence-electron chi connectivity index (χ3n) is 5.48. The van der Waals surface area contributed by atoms with E-state index >= 15 is 0 Å². The summed E-state index contributed by atoms with van der Waals surface area (Å²) in [4.78, 5) is 38.5. The second kappa shape index (κ2) is 6.78. The van der Waals surface area contributed by atoms with Crippen molar-refractivity contribution in [1.29, 1.82) is 0 Å². The number of pyridine rings is 1. The van der Waals surface area contributed by atoms with Gasteiger partial charge in [0.05, 0.1) is 5.52 Å². The number of imidazole rings is 1. The molecule has 0 spiro atoms. The maximum Gasteiger partial charge on any atom is 0.290 e. The molecule has 0 aromatic carbocycles. The van der Waals surface area contributed by atoms with Gasteiger partial charge in [0.25, 0.3) is 11.5 Å². The Morgan fingerprint density at radius 2 is 2.14 bits per heavy atom. The number of rotatable bonds is 4. The lowest BCUT2D eigenvalue weighted by Crippen LogP contribution is -2.49. The van der Waals surface area contributed by atoms with Crippen molar-refractivity contribution in [3.05, 3.63) is 58.7 Å². The van der Waals surface area contributed by atoms with Crippen LogP contribution in [0.15, 0.2) is 41.6 Å². The van der Waals surface area contributed by atoms with Crippen molar-refractivity contribution in [2.45, 2.75) is 37.6 Å². The molecule has 1 saturated heterocycles. The molecule has 1 atom stereocenters. The minimum absolute atomic E-state index is 0.0486. The van der Waals surface area contributed by atoms with Gasteiger partial charge in [0.15, 0.2) is 11.5 Å². The standard InChI is InChI=1S/C20H22N6O2/c27-19(16-15-5-1-2-11-26(15)17(24-16)13-6-7-13)23-14-4-3-10-25(12-14)18-20(28)22-9-8-21-18/h1-2,5,8-9,11,13-14H,3-4,6-7,10,12H2,(H,22,28)(H,23,27). The molecule has 1 aliphatic carbocycles. The van der Waals surface area contributed by atoms with Crippen molar-refractivity contribution >= 4 is 17.2 Å². The number of amides is 1. The van der Waals surface area contributed by atoms with Crippen LogP contribution in [0.2, 0.25) is 0 Å². The van der Waals surface area contributed by atoms with Crippen LogP contribution in [0.4, 0.5) is 5.82 Å². The minimum atomic E-state index is -0.205. The molecule has 2 fully saturated rings. The zero-order chi connectivity index (χ0) is 19.1. The molecule has 28 heavy (non-hydrogen) atoms. The first-order chi connectivity index (χ1) is 13.7. The molecule has 5 rings (SSSR count). The number of hydrogen-bond acceptors (Lipinski definition) is 5. The monoisotopic (exact) mass is 378 g/mol. The summed E-state index contributed by atoms with van der Waals surface area (Å²) in [6, 6.07) is 5.78. The summed E-state index contributed by atoms with van der Waals surface area (Å²) in [7, 11) is 0. The fraction of sp³-hybridized carbons (Fsp3) is 0.400. The van der Waals surface area contributed by atoms with E-state index in [9.17, 15) is 9.59 Å². The molecule has 2 aliphatic rings. The number of hydrogen-bond donors (Lipinski definition) is 2. The number of fused-ring (bicyclic) bond motifs is 1. The van der Waals surface area contributed by atoms with Gasteiger partial charge in [-0.3, -0.25) is 9.59 Å². The van der Waals surface area contributed by atoms with E-state index in [1.807, 2.05) is 33.7 Å². The number of nitrogens with one attached hydrogen (secondary N) is 2. The summed E-state index contributed by atoms with van der Waals surface area (Å²) >= 11 is 0. The number of carbonyl (C=O) groups is 1. The molecule has 3 aromatic heterocycles. The molecule has 0 bridgehead atoms. The Morgan fingerprint density at radius 3 is 2.96 bits per heavy atom. The molecule has 3 aromatic rings. The van der Waals surface area contributed by atoms with Gasteiger partial charge in [-0.2, -0.15) is 0 Å². The predicted octanol–water partition coefficient (Wildman–Crippen LogP) is 1.69. The Bertz CT molecular complexity index is 1080. The van der Waals surface area contributed by atoms with Crippen molar-refractivity contribution in [1.82, 2.24) is 24.7 Å². The Labute approximate surface area is 161 Å². The Kier molecular flexibility index (Phi) is 4.11. The highest BCUT2D eigenvalue weighted by molar-refractivity contribution is 5.99. The second-order valence-electron chi connectivity index (χ2n) is 7.55. The number of aromatic nitrogens is 4. The molecule has 8 nitrogen and oxygen atoms in total. The van der Waals surface area contributed by atoms with Gasteiger partial charge in [0.2, 0.25) is 0 Å². The lowest BCUT2D eigenvalue weighted by molar-refractivity contribution is 0.0930. The van der Waals surface area contributed by atoms with Crippen molar-refractivity contribution in [3.8, 4) is 0 Å². The lowest BCUT2D eigenvalue weighted by atomic mass is 10.1. The van der Waals surface area contributed by atoms with Crippen molar-refractivity contribution < 1.29 is 4.79 Å². The summed E-state index contributed by atoms with van der Waals surface area (Å²) in [5, 5.41) is 3.12. The molecule has 2 N–H and O–H groups in total. The van der Waals surface area contributed by atoms with Gasteiger partial charge >= 0.3 is 0 Å². The first-order valence-electron chi connectivity index (χ1n) is 9.77.